The second-order valence-electron chi connectivity index (χ2n) is 2.72. The number of aryl methyl sites for hydroxylation is 1. The van der Waals surface area contributed by atoms with E-state index in [-0.39, 0.29) is 11.2 Å². The number of rotatable bonds is 4. The zero-order valence-electron chi connectivity index (χ0n) is 8.40. The van der Waals surface area contributed by atoms with E-state index in [1.807, 2.05) is 6.92 Å². The molecule has 0 aliphatic carbocycles. The van der Waals surface area contributed by atoms with Gasteiger partial charge in [0, 0.05) is 0 Å². The maximum Gasteiger partial charge on any atom is 0.319 e. The smallest absolute Gasteiger partial charge is 0.319 e. The molecule has 0 radical (unpaired) electrons. The second kappa shape index (κ2) is 4.99. The predicted molar refractivity (Wildman–Crippen MR) is 53.1 cm³/mol. The molecular weight excluding hydrogens is 202 g/mol. The van der Waals surface area contributed by atoms with Crippen LogP contribution in [0.3, 0.4) is 0 Å². The van der Waals surface area contributed by atoms with Crippen molar-refractivity contribution < 1.29 is 9.53 Å². The van der Waals surface area contributed by atoms with E-state index in [2.05, 4.69) is 15.2 Å². The van der Waals surface area contributed by atoms with E-state index in [0.29, 0.717) is 11.8 Å². The van der Waals surface area contributed by atoms with Crippen LogP contribution < -0.4 is 0 Å². The van der Waals surface area contributed by atoms with Crippen molar-refractivity contribution in [1.82, 2.24) is 15.2 Å². The van der Waals surface area contributed by atoms with Crippen molar-refractivity contribution in [3.05, 3.63) is 5.82 Å². The lowest BCUT2D eigenvalue weighted by Crippen LogP contribution is -2.16. The first-order valence-electron chi connectivity index (χ1n) is 4.35. The van der Waals surface area contributed by atoms with E-state index in [4.69, 9.17) is 4.74 Å². The van der Waals surface area contributed by atoms with Crippen LogP contribution in [0.5, 0.6) is 0 Å². The molecule has 1 aromatic rings. The highest BCUT2D eigenvalue weighted by molar-refractivity contribution is 8.00. The molecule has 0 saturated heterocycles. The van der Waals surface area contributed by atoms with Crippen LogP contribution in [0.2, 0.25) is 0 Å². The lowest BCUT2D eigenvalue weighted by Gasteiger charge is -2.06. The van der Waals surface area contributed by atoms with Gasteiger partial charge in [-0.15, -0.1) is 5.10 Å². The fourth-order valence-corrected chi connectivity index (χ4v) is 1.61. The van der Waals surface area contributed by atoms with Gasteiger partial charge in [0.1, 0.15) is 11.1 Å². The zero-order chi connectivity index (χ0) is 10.6. The highest BCUT2D eigenvalue weighted by Gasteiger charge is 2.17. The number of hydrogen-bond acceptors (Lipinski definition) is 5. The van der Waals surface area contributed by atoms with Crippen LogP contribution in [0.4, 0.5) is 0 Å². The molecule has 0 unspecified atom stereocenters. The molecule has 1 rings (SSSR count). The maximum atomic E-state index is 11.2. The molecular formula is C8H13N3O2S. The quantitative estimate of drug-likeness (QED) is 0.603. The molecule has 0 fully saturated rings. The van der Waals surface area contributed by atoms with Crippen LogP contribution in [0.25, 0.3) is 0 Å². The highest BCUT2D eigenvalue weighted by Crippen LogP contribution is 2.19. The number of ether oxygens (including phenoxy) is 1. The highest BCUT2D eigenvalue weighted by atomic mass is 32.2. The fourth-order valence-electron chi connectivity index (χ4n) is 0.841. The Morgan fingerprint density at radius 3 is 2.93 bits per heavy atom. The Kier molecular flexibility index (Phi) is 3.94. The Bertz CT molecular complexity index is 313. The van der Waals surface area contributed by atoms with Gasteiger partial charge in [0.15, 0.2) is 0 Å². The Balaban J connectivity index is 2.48. The van der Waals surface area contributed by atoms with E-state index in [0.717, 1.165) is 5.82 Å². The number of carbonyl (C=O) groups excluding carboxylic acids is 1. The summed E-state index contributed by atoms with van der Waals surface area (Å²) in [6.45, 7) is 5.77. The summed E-state index contributed by atoms with van der Waals surface area (Å²) in [6.07, 6.45) is 0. The van der Waals surface area contributed by atoms with Gasteiger partial charge in [-0.1, -0.05) is 11.8 Å². The minimum Gasteiger partial charge on any atom is -0.465 e. The number of aromatic amines is 1. The summed E-state index contributed by atoms with van der Waals surface area (Å²) < 4.78 is 4.86. The summed E-state index contributed by atoms with van der Waals surface area (Å²) in [7, 11) is 0. The molecule has 0 spiro atoms. The number of thioether (sulfide) groups is 1. The standard InChI is InChI=1S/C8H13N3O2S/c1-4-13-7(12)5(2)14-8-9-6(3)10-11-8/h5H,4H2,1-3H3,(H,9,10,11)/t5-/m0/s1. The SMILES string of the molecule is CCOC(=O)[C@H](C)Sc1n[nH]c(C)n1. The van der Waals surface area contributed by atoms with Gasteiger partial charge in [0.05, 0.1) is 6.61 Å². The summed E-state index contributed by atoms with van der Waals surface area (Å²) in [5.41, 5.74) is 0. The number of nitrogens with zero attached hydrogens (tertiary/aromatic N) is 2. The first-order valence-corrected chi connectivity index (χ1v) is 5.23. The molecule has 0 aliphatic rings. The normalized spacial score (nSPS) is 12.5. The second-order valence-corrected chi connectivity index (χ2v) is 4.02. The van der Waals surface area contributed by atoms with E-state index >= 15 is 0 Å². The van der Waals surface area contributed by atoms with Crippen molar-refractivity contribution in [2.75, 3.05) is 6.61 Å². The van der Waals surface area contributed by atoms with Crippen LogP contribution >= 0.6 is 11.8 Å². The molecule has 0 amide bonds. The number of hydrogen-bond donors (Lipinski definition) is 1. The molecule has 1 aromatic heterocycles. The maximum absolute atomic E-state index is 11.2. The van der Waals surface area contributed by atoms with Gasteiger partial charge in [-0.25, -0.2) is 4.98 Å². The number of esters is 1. The molecule has 1 heterocycles. The molecule has 0 aromatic carbocycles. The molecule has 14 heavy (non-hydrogen) atoms. The van der Waals surface area contributed by atoms with E-state index in [1.54, 1.807) is 13.8 Å². The van der Waals surface area contributed by atoms with Gasteiger partial charge in [-0.05, 0) is 20.8 Å². The van der Waals surface area contributed by atoms with E-state index in [1.165, 1.54) is 11.8 Å². The number of aromatic nitrogens is 3. The predicted octanol–water partition coefficient (Wildman–Crippen LogP) is 1.16. The Hall–Kier alpha value is -1.04. The van der Waals surface area contributed by atoms with Crippen molar-refractivity contribution in [3.8, 4) is 0 Å². The summed E-state index contributed by atoms with van der Waals surface area (Å²) >= 11 is 1.28. The lowest BCUT2D eigenvalue weighted by molar-refractivity contribution is -0.142. The molecule has 6 heteroatoms. The van der Waals surface area contributed by atoms with Crippen molar-refractivity contribution in [3.63, 3.8) is 0 Å². The number of nitrogens with one attached hydrogen (secondary N) is 1. The molecule has 1 atom stereocenters. The van der Waals surface area contributed by atoms with Gasteiger partial charge in [-0.3, -0.25) is 9.89 Å². The van der Waals surface area contributed by atoms with Crippen LogP contribution in [0.15, 0.2) is 5.16 Å². The third kappa shape index (κ3) is 3.02. The molecule has 1 N–H and O–H groups in total. The Morgan fingerprint density at radius 1 is 1.71 bits per heavy atom. The van der Waals surface area contributed by atoms with Gasteiger partial charge in [-0.2, -0.15) is 0 Å². The average molecular weight is 215 g/mol. The fraction of sp³-hybridized carbons (Fsp3) is 0.625. The van der Waals surface area contributed by atoms with Crippen LogP contribution in [-0.2, 0) is 9.53 Å². The van der Waals surface area contributed by atoms with Crippen molar-refractivity contribution in [1.29, 1.82) is 0 Å². The largest absolute Gasteiger partial charge is 0.465 e. The minimum atomic E-state index is -0.273. The van der Waals surface area contributed by atoms with Gasteiger partial charge >= 0.3 is 5.97 Å². The van der Waals surface area contributed by atoms with Crippen molar-refractivity contribution >= 4 is 17.7 Å². The number of carbonyl (C=O) groups is 1. The van der Waals surface area contributed by atoms with E-state index < -0.39 is 0 Å². The van der Waals surface area contributed by atoms with Gasteiger partial charge in [0.2, 0.25) is 5.16 Å². The molecule has 0 saturated carbocycles. The van der Waals surface area contributed by atoms with Gasteiger partial charge in [0.25, 0.3) is 0 Å². The average Bonchev–Trinajstić information content (AvgIpc) is 2.51. The molecule has 5 nitrogen and oxygen atoms in total. The molecule has 78 valence electrons. The van der Waals surface area contributed by atoms with E-state index in [9.17, 15) is 4.79 Å². The van der Waals surface area contributed by atoms with Crippen molar-refractivity contribution in [2.24, 2.45) is 0 Å². The monoisotopic (exact) mass is 215 g/mol. The Labute approximate surface area is 86.6 Å². The third-order valence-corrected chi connectivity index (χ3v) is 2.42. The summed E-state index contributed by atoms with van der Waals surface area (Å²) in [4.78, 5) is 15.3. The molecule has 0 bridgehead atoms. The lowest BCUT2D eigenvalue weighted by atomic mass is 10.5. The van der Waals surface area contributed by atoms with Crippen LogP contribution in [-0.4, -0.2) is 33.0 Å². The summed E-state index contributed by atoms with van der Waals surface area (Å²) in [6, 6.07) is 0. The first kappa shape index (κ1) is 11.0. The minimum absolute atomic E-state index is 0.236. The first-order chi connectivity index (χ1) is 6.63. The Morgan fingerprint density at radius 2 is 2.43 bits per heavy atom. The summed E-state index contributed by atoms with van der Waals surface area (Å²) in [5.74, 6) is 0.503. The molecule has 0 aliphatic heterocycles. The van der Waals surface area contributed by atoms with Gasteiger partial charge < -0.3 is 4.74 Å². The van der Waals surface area contributed by atoms with Crippen molar-refractivity contribution in [2.45, 2.75) is 31.2 Å². The van der Waals surface area contributed by atoms with Crippen LogP contribution in [0, 0.1) is 6.92 Å². The number of H-pyrrole nitrogens is 1. The summed E-state index contributed by atoms with van der Waals surface area (Å²) in [5, 5.41) is 6.93. The third-order valence-electron chi connectivity index (χ3n) is 1.48. The van der Waals surface area contributed by atoms with Crippen LogP contribution in [0.1, 0.15) is 19.7 Å². The topological polar surface area (TPSA) is 67.9 Å². The zero-order valence-corrected chi connectivity index (χ0v) is 9.22.